The Bertz CT molecular complexity index is 344. The number of nitrogens with two attached hydrogens (primary N) is 1. The zero-order valence-electron chi connectivity index (χ0n) is 6.71. The van der Waals surface area contributed by atoms with E-state index in [2.05, 4.69) is 9.97 Å². The molecule has 0 saturated heterocycles. The van der Waals surface area contributed by atoms with Crippen molar-refractivity contribution in [1.82, 2.24) is 9.97 Å². The van der Waals surface area contributed by atoms with E-state index < -0.39 is 0 Å². The number of hydrogen-bond donors (Lipinski definition) is 2. The van der Waals surface area contributed by atoms with Gasteiger partial charge in [0.1, 0.15) is 0 Å². The van der Waals surface area contributed by atoms with E-state index in [1.54, 1.807) is 0 Å². The van der Waals surface area contributed by atoms with Gasteiger partial charge in [0.25, 0.3) is 5.56 Å². The summed E-state index contributed by atoms with van der Waals surface area (Å²) in [4.78, 5) is 17.9. The summed E-state index contributed by atoms with van der Waals surface area (Å²) in [5.41, 5.74) is 7.27. The molecule has 0 bridgehead atoms. The summed E-state index contributed by atoms with van der Waals surface area (Å²) >= 11 is 0. The highest BCUT2D eigenvalue weighted by molar-refractivity contribution is 5.26. The molecular weight excluding hydrogens is 154 g/mol. The number of hydrogen-bond acceptors (Lipinski definition) is 3. The molecule has 4 heteroatoms. The lowest BCUT2D eigenvalue weighted by Gasteiger charge is -2.04. The SMILES string of the molecule is NCC1CCc2c1nc[nH]c2=O. The van der Waals surface area contributed by atoms with Crippen LogP contribution >= 0.6 is 0 Å². The smallest absolute Gasteiger partial charge is 0.254 e. The van der Waals surface area contributed by atoms with Crippen LogP contribution in [-0.2, 0) is 6.42 Å². The largest absolute Gasteiger partial charge is 0.330 e. The number of nitrogens with zero attached hydrogens (tertiary/aromatic N) is 1. The zero-order chi connectivity index (χ0) is 8.55. The first-order chi connectivity index (χ1) is 5.83. The molecule has 1 atom stereocenters. The summed E-state index contributed by atoms with van der Waals surface area (Å²) in [6.45, 7) is 0.587. The first kappa shape index (κ1) is 7.49. The molecule has 0 amide bonds. The molecule has 1 aromatic rings. The van der Waals surface area contributed by atoms with Crippen molar-refractivity contribution in [3.05, 3.63) is 27.9 Å². The second kappa shape index (κ2) is 2.71. The number of fused-ring (bicyclic) bond motifs is 1. The van der Waals surface area contributed by atoms with Crippen LogP contribution in [-0.4, -0.2) is 16.5 Å². The van der Waals surface area contributed by atoms with E-state index in [0.717, 1.165) is 24.1 Å². The van der Waals surface area contributed by atoms with Gasteiger partial charge in [-0.05, 0) is 12.8 Å². The minimum Gasteiger partial charge on any atom is -0.330 e. The number of H-pyrrole nitrogens is 1. The van der Waals surface area contributed by atoms with Crippen LogP contribution in [0.3, 0.4) is 0 Å². The molecule has 64 valence electrons. The third-order valence-electron chi connectivity index (χ3n) is 2.40. The van der Waals surface area contributed by atoms with E-state index in [1.807, 2.05) is 0 Å². The highest BCUT2D eigenvalue weighted by atomic mass is 16.1. The number of rotatable bonds is 1. The fourth-order valence-electron chi connectivity index (χ4n) is 1.72. The van der Waals surface area contributed by atoms with Crippen molar-refractivity contribution in [3.8, 4) is 0 Å². The number of aromatic nitrogens is 2. The van der Waals surface area contributed by atoms with Gasteiger partial charge in [-0.3, -0.25) is 4.79 Å². The predicted octanol–water partition coefficient (Wildman–Crippen LogP) is -0.242. The van der Waals surface area contributed by atoms with Gasteiger partial charge >= 0.3 is 0 Å². The van der Waals surface area contributed by atoms with E-state index in [1.165, 1.54) is 6.33 Å². The van der Waals surface area contributed by atoms with Crippen molar-refractivity contribution in [2.24, 2.45) is 5.73 Å². The molecule has 12 heavy (non-hydrogen) atoms. The van der Waals surface area contributed by atoms with E-state index in [4.69, 9.17) is 5.73 Å². The van der Waals surface area contributed by atoms with Gasteiger partial charge in [0.2, 0.25) is 0 Å². The average Bonchev–Trinajstić information content (AvgIpc) is 2.49. The van der Waals surface area contributed by atoms with Crippen molar-refractivity contribution in [2.45, 2.75) is 18.8 Å². The Balaban J connectivity index is 2.53. The third-order valence-corrected chi connectivity index (χ3v) is 2.40. The van der Waals surface area contributed by atoms with Gasteiger partial charge in [-0.1, -0.05) is 0 Å². The Morgan fingerprint density at radius 2 is 2.58 bits per heavy atom. The van der Waals surface area contributed by atoms with Gasteiger partial charge in [0, 0.05) is 18.0 Å². The molecular formula is C8H11N3O. The third kappa shape index (κ3) is 0.956. The molecule has 3 N–H and O–H groups in total. The van der Waals surface area contributed by atoms with E-state index in [0.29, 0.717) is 12.5 Å². The molecule has 0 spiro atoms. The molecule has 1 aliphatic rings. The highest BCUT2D eigenvalue weighted by Crippen LogP contribution is 2.27. The van der Waals surface area contributed by atoms with Gasteiger partial charge in [-0.15, -0.1) is 0 Å². The maximum Gasteiger partial charge on any atom is 0.254 e. The number of aromatic amines is 1. The molecule has 0 aromatic carbocycles. The highest BCUT2D eigenvalue weighted by Gasteiger charge is 2.24. The summed E-state index contributed by atoms with van der Waals surface area (Å²) in [5, 5.41) is 0. The van der Waals surface area contributed by atoms with Gasteiger partial charge in [-0.25, -0.2) is 4.98 Å². The van der Waals surface area contributed by atoms with Crippen LogP contribution in [0.1, 0.15) is 23.6 Å². The van der Waals surface area contributed by atoms with Crippen LogP contribution in [0.2, 0.25) is 0 Å². The van der Waals surface area contributed by atoms with Crippen LogP contribution < -0.4 is 11.3 Å². The first-order valence-electron chi connectivity index (χ1n) is 4.09. The molecule has 1 heterocycles. The molecule has 0 saturated carbocycles. The maximum absolute atomic E-state index is 11.2. The Morgan fingerprint density at radius 1 is 1.75 bits per heavy atom. The number of nitrogens with one attached hydrogen (secondary N) is 1. The van der Waals surface area contributed by atoms with Gasteiger partial charge < -0.3 is 10.7 Å². The first-order valence-corrected chi connectivity index (χ1v) is 4.09. The summed E-state index contributed by atoms with van der Waals surface area (Å²) in [6.07, 6.45) is 3.24. The Hall–Kier alpha value is -1.16. The van der Waals surface area contributed by atoms with Crippen LogP contribution in [0.5, 0.6) is 0 Å². The lowest BCUT2D eigenvalue weighted by Crippen LogP contribution is -2.15. The summed E-state index contributed by atoms with van der Waals surface area (Å²) in [7, 11) is 0. The lowest BCUT2D eigenvalue weighted by atomic mass is 10.1. The van der Waals surface area contributed by atoms with Crippen molar-refractivity contribution in [1.29, 1.82) is 0 Å². The molecule has 1 unspecified atom stereocenters. The van der Waals surface area contributed by atoms with Crippen molar-refractivity contribution in [2.75, 3.05) is 6.54 Å². The van der Waals surface area contributed by atoms with Crippen molar-refractivity contribution >= 4 is 0 Å². The predicted molar refractivity (Wildman–Crippen MR) is 45.0 cm³/mol. The van der Waals surface area contributed by atoms with Crippen molar-refractivity contribution < 1.29 is 0 Å². The van der Waals surface area contributed by atoms with Crippen LogP contribution in [0, 0.1) is 0 Å². The quantitative estimate of drug-likeness (QED) is 0.603. The molecule has 2 rings (SSSR count). The maximum atomic E-state index is 11.2. The summed E-state index contributed by atoms with van der Waals surface area (Å²) in [6, 6.07) is 0. The van der Waals surface area contributed by atoms with Crippen LogP contribution in [0.25, 0.3) is 0 Å². The van der Waals surface area contributed by atoms with Crippen molar-refractivity contribution in [3.63, 3.8) is 0 Å². The Kier molecular flexibility index (Phi) is 1.69. The molecule has 0 radical (unpaired) electrons. The minimum absolute atomic E-state index is 0.00375. The molecule has 0 aliphatic heterocycles. The van der Waals surface area contributed by atoms with E-state index in [-0.39, 0.29) is 5.56 Å². The second-order valence-electron chi connectivity index (χ2n) is 3.07. The van der Waals surface area contributed by atoms with E-state index in [9.17, 15) is 4.79 Å². The fraction of sp³-hybridized carbons (Fsp3) is 0.500. The molecule has 0 fully saturated rings. The Morgan fingerprint density at radius 3 is 3.33 bits per heavy atom. The zero-order valence-corrected chi connectivity index (χ0v) is 6.71. The molecule has 1 aliphatic carbocycles. The van der Waals surface area contributed by atoms with Crippen LogP contribution in [0.4, 0.5) is 0 Å². The van der Waals surface area contributed by atoms with Gasteiger partial charge in [-0.2, -0.15) is 0 Å². The molecule has 4 nitrogen and oxygen atoms in total. The summed E-state index contributed by atoms with van der Waals surface area (Å²) in [5.74, 6) is 0.294. The standard InChI is InChI=1S/C8H11N3O/c9-3-5-1-2-6-7(5)10-4-11-8(6)12/h4-5H,1-3,9H2,(H,10,11,12). The van der Waals surface area contributed by atoms with Gasteiger partial charge in [0.05, 0.1) is 12.0 Å². The Labute approximate surface area is 69.8 Å². The fourth-order valence-corrected chi connectivity index (χ4v) is 1.72. The monoisotopic (exact) mass is 165 g/mol. The summed E-state index contributed by atoms with van der Waals surface area (Å²) < 4.78 is 0. The molecule has 1 aromatic heterocycles. The minimum atomic E-state index is -0.00375. The second-order valence-corrected chi connectivity index (χ2v) is 3.07. The topological polar surface area (TPSA) is 71.8 Å². The van der Waals surface area contributed by atoms with Crippen LogP contribution in [0.15, 0.2) is 11.1 Å². The normalized spacial score (nSPS) is 20.9. The lowest BCUT2D eigenvalue weighted by molar-refractivity contribution is 0.674. The average molecular weight is 165 g/mol. The van der Waals surface area contributed by atoms with E-state index >= 15 is 0 Å². The van der Waals surface area contributed by atoms with Gasteiger partial charge in [0.15, 0.2) is 0 Å².